The minimum absolute atomic E-state index is 0.873. The van der Waals surface area contributed by atoms with Crippen LogP contribution in [0.2, 0.25) is 0 Å². The Morgan fingerprint density at radius 1 is 0.218 bits per heavy atom. The molecule has 7 aliphatic rings. The van der Waals surface area contributed by atoms with E-state index in [1.165, 1.54) is 0 Å². The zero-order chi connectivity index (χ0) is 57.3. The van der Waals surface area contributed by atoms with Gasteiger partial charge in [-0.1, -0.05) is 0 Å². The molecule has 36 nitrogen and oxygen atoms in total. The van der Waals surface area contributed by atoms with E-state index in [-0.39, 0.29) is 0 Å². The second-order valence-corrected chi connectivity index (χ2v) is 19.6. The molecule has 0 amide bonds. The number of hydrogen-bond acceptors (Lipinski definition) is 36. The van der Waals surface area contributed by atoms with Gasteiger partial charge in [0, 0.05) is 0 Å². The van der Waals surface area contributed by atoms with Crippen LogP contribution < -0.4 is 0 Å². The van der Waals surface area contributed by atoms with E-state index in [4.69, 9.17) is 61.6 Å². The first-order valence-corrected chi connectivity index (χ1v) is 24.7. The Kier molecular flexibility index (Phi) is 22.6. The maximum absolute atomic E-state index is 11.5. The van der Waals surface area contributed by atoms with E-state index in [2.05, 4.69) is 0 Å². The van der Waals surface area contributed by atoms with Crippen molar-refractivity contribution in [2.75, 3.05) is 46.2 Å². The predicted octanol–water partition coefficient (Wildman–Crippen LogP) is -16.3. The molecule has 0 aromatic rings. The van der Waals surface area contributed by atoms with Gasteiger partial charge in [-0.05, 0) is 0 Å². The summed E-state index contributed by atoms with van der Waals surface area (Å²) in [5, 5.41) is 243. The van der Waals surface area contributed by atoms with Crippen molar-refractivity contribution in [3.63, 3.8) is 0 Å². The minimum atomic E-state index is -2.27. The number of aliphatic hydroxyl groups excluding tert-OH is 23. The molecule has 7 fully saturated rings. The zero-order valence-electron chi connectivity index (χ0n) is 40.8. The Bertz CT molecular complexity index is 1810. The second-order valence-electron chi connectivity index (χ2n) is 19.6. The smallest absolute Gasteiger partial charge is 0.187 e. The van der Waals surface area contributed by atoms with E-state index in [9.17, 15) is 117 Å². The third-order valence-corrected chi connectivity index (χ3v) is 14.5. The summed E-state index contributed by atoms with van der Waals surface area (Å²) in [5.41, 5.74) is 0. The van der Waals surface area contributed by atoms with Gasteiger partial charge in [0.25, 0.3) is 0 Å². The van der Waals surface area contributed by atoms with Crippen molar-refractivity contribution in [3.8, 4) is 0 Å². The molecule has 0 aromatic heterocycles. The molecule has 0 spiro atoms. The van der Waals surface area contributed by atoms with E-state index in [0.717, 1.165) is 0 Å². The molecule has 78 heavy (non-hydrogen) atoms. The summed E-state index contributed by atoms with van der Waals surface area (Å²) < 4.78 is 72.4. The van der Waals surface area contributed by atoms with Crippen LogP contribution in [-0.2, 0) is 61.6 Å². The van der Waals surface area contributed by atoms with Crippen LogP contribution in [0, 0.1) is 0 Å². The molecule has 0 aliphatic carbocycles. The Balaban J connectivity index is 1.01. The monoisotopic (exact) mass is 1150 g/mol. The van der Waals surface area contributed by atoms with Gasteiger partial charge in [-0.2, -0.15) is 0 Å². The fourth-order valence-electron chi connectivity index (χ4n) is 9.90. The van der Waals surface area contributed by atoms with Gasteiger partial charge < -0.3 is 179 Å². The minimum Gasteiger partial charge on any atom is -0.394 e. The van der Waals surface area contributed by atoms with Crippen molar-refractivity contribution in [2.24, 2.45) is 0 Å². The van der Waals surface area contributed by atoms with Crippen LogP contribution in [0.1, 0.15) is 0 Å². The molecule has 0 saturated carbocycles. The maximum atomic E-state index is 11.5. The molecule has 0 aromatic carbocycles. The van der Waals surface area contributed by atoms with Gasteiger partial charge in [0.2, 0.25) is 0 Å². The molecule has 0 radical (unpaired) electrons. The van der Waals surface area contributed by atoms with Crippen molar-refractivity contribution < 1.29 is 179 Å². The first-order chi connectivity index (χ1) is 37.0. The molecule has 23 N–H and O–H groups in total. The van der Waals surface area contributed by atoms with Crippen LogP contribution in [0.15, 0.2) is 0 Å². The average Bonchev–Trinajstić information content (AvgIpc) is 3.50. The van der Waals surface area contributed by atoms with E-state index in [0.29, 0.717) is 0 Å². The molecule has 36 heteroatoms. The number of rotatable bonds is 19. The molecule has 1 unspecified atom stereocenters. The lowest BCUT2D eigenvalue weighted by atomic mass is 9.95. The standard InChI is InChI=1S/C42H72O36/c43-1-8-15(49)17(51)25(59)37(68-8)66-7-14-35(78-38-26(60)18(52)16(50)9(2-44)69-38)23(57)30(64)42(73-14)77-34-13(6-48)72-41(29(63)22(34)56)76-33-12(5-47)71-40(28(62)21(33)55)75-32-11(4-46)70-39(27(61)20(32)54)74-31-10(3-45)67-36(65)24(58)19(31)53/h8-65H,1-7H2/t8-,9-,10-,11-,12-,13-,14-,15-,16-,17+,18+,19-,20-,21-,22-,23-,24-,25-,26-,27-,28-,29-,30-,31-,32-,33-,34-,35-,36?,37+,38-,39-,40-,41-,42-/m1/s1. The maximum Gasteiger partial charge on any atom is 0.187 e. The molecule has 35 atom stereocenters. The molecule has 7 rings (SSSR count). The number of ether oxygens (including phenoxy) is 13. The van der Waals surface area contributed by atoms with Gasteiger partial charge in [-0.3, -0.25) is 0 Å². The Morgan fingerprint density at radius 3 is 0.769 bits per heavy atom. The van der Waals surface area contributed by atoms with Crippen LogP contribution in [0.25, 0.3) is 0 Å². The first kappa shape index (κ1) is 64.1. The van der Waals surface area contributed by atoms with Crippen LogP contribution in [-0.4, -0.2) is 379 Å². The van der Waals surface area contributed by atoms with Gasteiger partial charge in [-0.25, -0.2) is 0 Å². The highest BCUT2D eigenvalue weighted by atomic mass is 16.8. The summed E-state index contributed by atoms with van der Waals surface area (Å²) in [6, 6.07) is 0. The largest absolute Gasteiger partial charge is 0.394 e. The van der Waals surface area contributed by atoms with Crippen LogP contribution >= 0.6 is 0 Å². The average molecular weight is 1150 g/mol. The lowest BCUT2D eigenvalue weighted by molar-refractivity contribution is -0.397. The van der Waals surface area contributed by atoms with Crippen LogP contribution in [0.3, 0.4) is 0 Å². The fraction of sp³-hybridized carbons (Fsp3) is 1.00. The SMILES string of the molecule is OC[C@H]1O[C@H](OC[C@H]2O[C@H](O[C@H]3[C@H](O)[C@@H](O)[C@@H](O[C@H]4[C@H](O)[C@@H](O)[C@@H](O[C@H]5[C@H](O)[C@@H](O)[C@@H](O[C@H]6[C@H](O)[C@@H](O)C(O)O[C@@H]6CO)O[C@@H]5CO)O[C@@H]4CO)O[C@@H]3CO)[C@H](O)[C@@H](O)[C@@H]2O[C@H]2O[C@H](CO)[C@@H](O)[C@H](O)[C@H]2O)[C@H](O)[C@@H](O)[C@@H]1O. The van der Waals surface area contributed by atoms with Gasteiger partial charge in [-0.15, -0.1) is 0 Å². The molecule has 7 saturated heterocycles. The third-order valence-electron chi connectivity index (χ3n) is 14.5. The fourth-order valence-corrected chi connectivity index (χ4v) is 9.90. The van der Waals surface area contributed by atoms with E-state index < -0.39 is 261 Å². The molecule has 456 valence electrons. The quantitative estimate of drug-likeness (QED) is 0.0571. The van der Waals surface area contributed by atoms with Gasteiger partial charge >= 0.3 is 0 Å². The highest BCUT2D eigenvalue weighted by Gasteiger charge is 2.58. The first-order valence-electron chi connectivity index (χ1n) is 24.7. The van der Waals surface area contributed by atoms with Gasteiger partial charge in [0.15, 0.2) is 44.0 Å². The normalized spacial score (nSPS) is 53.5. The predicted molar refractivity (Wildman–Crippen MR) is 232 cm³/mol. The summed E-state index contributed by atoms with van der Waals surface area (Å²) in [4.78, 5) is 0. The number of aliphatic hydroxyl groups is 23. The van der Waals surface area contributed by atoms with E-state index >= 15 is 0 Å². The van der Waals surface area contributed by atoms with Crippen LogP contribution in [0.4, 0.5) is 0 Å². The van der Waals surface area contributed by atoms with E-state index in [1.807, 2.05) is 0 Å². The number of hydrogen-bond donors (Lipinski definition) is 23. The van der Waals surface area contributed by atoms with Gasteiger partial charge in [0.1, 0.15) is 171 Å². The summed E-state index contributed by atoms with van der Waals surface area (Å²) in [6.07, 6.45) is -68.1. The summed E-state index contributed by atoms with van der Waals surface area (Å²) in [7, 11) is 0. The lowest BCUT2D eigenvalue weighted by Crippen LogP contribution is -2.68. The zero-order valence-corrected chi connectivity index (χ0v) is 40.8. The van der Waals surface area contributed by atoms with E-state index in [1.54, 1.807) is 0 Å². The Labute approximate surface area is 439 Å². The van der Waals surface area contributed by atoms with Crippen molar-refractivity contribution in [1.29, 1.82) is 0 Å². The third kappa shape index (κ3) is 13.1. The molecular formula is C42H72O36. The van der Waals surface area contributed by atoms with Crippen molar-refractivity contribution in [2.45, 2.75) is 215 Å². The summed E-state index contributed by atoms with van der Waals surface area (Å²) in [5.74, 6) is 0. The highest BCUT2D eigenvalue weighted by molar-refractivity contribution is 5.00. The molecule has 0 bridgehead atoms. The highest BCUT2D eigenvalue weighted by Crippen LogP contribution is 2.37. The molecular weight excluding hydrogens is 1080 g/mol. The summed E-state index contributed by atoms with van der Waals surface area (Å²) >= 11 is 0. The van der Waals surface area contributed by atoms with Gasteiger partial charge in [0.05, 0.1) is 46.2 Å². The molecule has 7 aliphatic heterocycles. The van der Waals surface area contributed by atoms with Crippen molar-refractivity contribution >= 4 is 0 Å². The topological polar surface area (TPSA) is 585 Å². The second kappa shape index (κ2) is 27.5. The summed E-state index contributed by atoms with van der Waals surface area (Å²) in [6.45, 7) is -6.74. The Morgan fingerprint density at radius 2 is 0.449 bits per heavy atom. The lowest BCUT2D eigenvalue weighted by Gasteiger charge is -2.50. The van der Waals surface area contributed by atoms with Crippen molar-refractivity contribution in [3.05, 3.63) is 0 Å². The van der Waals surface area contributed by atoms with Crippen LogP contribution in [0.5, 0.6) is 0 Å². The molecule has 7 heterocycles. The Hall–Kier alpha value is -1.44. The van der Waals surface area contributed by atoms with Crippen molar-refractivity contribution in [1.82, 2.24) is 0 Å².